The maximum absolute atomic E-state index is 11.4. The molecule has 0 aliphatic carbocycles. The summed E-state index contributed by atoms with van der Waals surface area (Å²) in [5.74, 6) is 0.720. The molecule has 0 radical (unpaired) electrons. The molecule has 0 bridgehead atoms. The number of nitrogens with one attached hydrogen (secondary N) is 3. The van der Waals surface area contributed by atoms with Crippen LogP contribution in [0, 0.1) is 5.92 Å². The molecule has 3 N–H and O–H groups in total. The number of carbonyl (C=O) groups is 1. The van der Waals surface area contributed by atoms with Gasteiger partial charge in [-0.3, -0.25) is 9.79 Å². The molecule has 0 aromatic carbocycles. The molecule has 0 rings (SSSR count). The average Bonchev–Trinajstić information content (AvgIpc) is 2.38. The Kier molecular flexibility index (Phi) is 9.00. The fraction of sp³-hybridized carbons (Fsp3) is 0.846. The van der Waals surface area contributed by atoms with Crippen molar-refractivity contribution in [2.75, 3.05) is 32.1 Å². The van der Waals surface area contributed by atoms with E-state index in [-0.39, 0.29) is 23.6 Å². The van der Waals surface area contributed by atoms with Gasteiger partial charge in [-0.25, -0.2) is 8.42 Å². The lowest BCUT2D eigenvalue weighted by atomic mass is 10.2. The number of sulfone groups is 1. The number of amides is 1. The molecule has 21 heavy (non-hydrogen) atoms. The molecule has 8 heteroatoms. The summed E-state index contributed by atoms with van der Waals surface area (Å²) in [6.45, 7) is 6.64. The van der Waals surface area contributed by atoms with Crippen LogP contribution in [0.15, 0.2) is 4.99 Å². The van der Waals surface area contributed by atoms with Crippen LogP contribution in [-0.4, -0.2) is 58.5 Å². The Labute approximate surface area is 127 Å². The van der Waals surface area contributed by atoms with Crippen molar-refractivity contribution < 1.29 is 13.2 Å². The zero-order valence-electron chi connectivity index (χ0n) is 13.6. The summed E-state index contributed by atoms with van der Waals surface area (Å²) in [4.78, 5) is 15.4. The lowest BCUT2D eigenvalue weighted by Gasteiger charge is -2.18. The number of nitrogens with zero attached hydrogens (tertiary/aromatic N) is 1. The highest BCUT2D eigenvalue weighted by Crippen LogP contribution is 1.95. The van der Waals surface area contributed by atoms with Crippen molar-refractivity contribution in [3.63, 3.8) is 0 Å². The molecule has 1 amide bonds. The van der Waals surface area contributed by atoms with E-state index in [1.807, 2.05) is 20.8 Å². The highest BCUT2D eigenvalue weighted by Gasteiger charge is 2.09. The second kappa shape index (κ2) is 9.59. The minimum Gasteiger partial charge on any atom is -0.355 e. The Morgan fingerprint density at radius 3 is 2.19 bits per heavy atom. The molecule has 0 aromatic heterocycles. The highest BCUT2D eigenvalue weighted by atomic mass is 32.2. The molecular formula is C13H28N4O3S. The topological polar surface area (TPSA) is 99.7 Å². The van der Waals surface area contributed by atoms with Crippen LogP contribution < -0.4 is 16.0 Å². The predicted octanol–water partition coefficient (Wildman–Crippen LogP) is -0.253. The number of carbonyl (C=O) groups excluding carboxylic acids is 1. The third kappa shape index (κ3) is 11.1. The highest BCUT2D eigenvalue weighted by molar-refractivity contribution is 7.90. The van der Waals surface area contributed by atoms with Crippen molar-refractivity contribution in [3.05, 3.63) is 0 Å². The quantitative estimate of drug-likeness (QED) is 0.325. The first kappa shape index (κ1) is 19.7. The van der Waals surface area contributed by atoms with Gasteiger partial charge in [-0.05, 0) is 13.3 Å². The molecule has 0 fully saturated rings. The summed E-state index contributed by atoms with van der Waals surface area (Å²) in [6, 6.07) is -0.00354. The lowest BCUT2D eigenvalue weighted by Crippen LogP contribution is -2.45. The molecule has 1 atom stereocenters. The van der Waals surface area contributed by atoms with Gasteiger partial charge in [-0.15, -0.1) is 0 Å². The second-order valence-corrected chi connectivity index (χ2v) is 7.67. The summed E-state index contributed by atoms with van der Waals surface area (Å²) >= 11 is 0. The van der Waals surface area contributed by atoms with Crippen LogP contribution in [0.25, 0.3) is 0 Å². The molecule has 0 spiro atoms. The van der Waals surface area contributed by atoms with Gasteiger partial charge in [0.2, 0.25) is 5.91 Å². The Morgan fingerprint density at radius 2 is 1.71 bits per heavy atom. The minimum absolute atomic E-state index is 0.00354. The fourth-order valence-corrected chi connectivity index (χ4v) is 2.24. The zero-order valence-corrected chi connectivity index (χ0v) is 14.4. The van der Waals surface area contributed by atoms with Crippen LogP contribution in [0.4, 0.5) is 0 Å². The summed E-state index contributed by atoms with van der Waals surface area (Å²) in [5, 5.41) is 8.97. The molecule has 0 aromatic rings. The molecule has 0 heterocycles. The van der Waals surface area contributed by atoms with Crippen LogP contribution in [0.5, 0.6) is 0 Å². The van der Waals surface area contributed by atoms with E-state index in [1.54, 1.807) is 7.05 Å². The summed E-state index contributed by atoms with van der Waals surface area (Å²) in [6.07, 6.45) is 1.74. The first-order valence-corrected chi connectivity index (χ1v) is 9.14. The third-order valence-corrected chi connectivity index (χ3v) is 3.75. The van der Waals surface area contributed by atoms with Crippen LogP contribution in [0.3, 0.4) is 0 Å². The van der Waals surface area contributed by atoms with Gasteiger partial charge in [0.1, 0.15) is 9.84 Å². The summed E-state index contributed by atoms with van der Waals surface area (Å²) < 4.78 is 22.2. The maximum Gasteiger partial charge on any atom is 0.222 e. The van der Waals surface area contributed by atoms with E-state index in [0.29, 0.717) is 25.5 Å². The van der Waals surface area contributed by atoms with E-state index in [0.717, 1.165) is 0 Å². The van der Waals surface area contributed by atoms with Crippen molar-refractivity contribution in [3.8, 4) is 0 Å². The number of hydrogen-bond acceptors (Lipinski definition) is 4. The van der Waals surface area contributed by atoms with Crippen LogP contribution in [-0.2, 0) is 14.6 Å². The smallest absolute Gasteiger partial charge is 0.222 e. The molecule has 1 unspecified atom stereocenters. The molecule has 0 saturated carbocycles. The average molecular weight is 320 g/mol. The van der Waals surface area contributed by atoms with Gasteiger partial charge in [-0.2, -0.15) is 0 Å². The normalized spacial score (nSPS) is 13.9. The van der Waals surface area contributed by atoms with E-state index in [9.17, 15) is 13.2 Å². The number of aliphatic imine (C=N–C) groups is 1. The van der Waals surface area contributed by atoms with Gasteiger partial charge < -0.3 is 16.0 Å². The molecular weight excluding hydrogens is 292 g/mol. The molecule has 0 aliphatic heterocycles. The van der Waals surface area contributed by atoms with Crippen LogP contribution in [0.1, 0.15) is 27.2 Å². The first-order chi connectivity index (χ1) is 9.65. The van der Waals surface area contributed by atoms with Crippen LogP contribution >= 0.6 is 0 Å². The molecule has 0 saturated heterocycles. The fourth-order valence-electron chi connectivity index (χ4n) is 1.46. The van der Waals surface area contributed by atoms with Gasteiger partial charge in [0, 0.05) is 38.4 Å². The van der Waals surface area contributed by atoms with Crippen molar-refractivity contribution in [2.45, 2.75) is 33.2 Å². The maximum atomic E-state index is 11.4. The Balaban J connectivity index is 3.99. The van der Waals surface area contributed by atoms with E-state index in [4.69, 9.17) is 0 Å². The van der Waals surface area contributed by atoms with Gasteiger partial charge in [0.05, 0.1) is 5.75 Å². The predicted molar refractivity (Wildman–Crippen MR) is 86.1 cm³/mol. The summed E-state index contributed by atoms with van der Waals surface area (Å²) in [7, 11) is -1.30. The largest absolute Gasteiger partial charge is 0.355 e. The number of guanidine groups is 1. The molecule has 7 nitrogen and oxygen atoms in total. The zero-order chi connectivity index (χ0) is 16.5. The SMILES string of the molecule is CN=C(NCCNC(=O)C(C)C)NC(C)CCS(C)(=O)=O. The number of hydrogen-bond donors (Lipinski definition) is 3. The minimum atomic E-state index is -2.95. The van der Waals surface area contributed by atoms with Crippen molar-refractivity contribution in [1.29, 1.82) is 0 Å². The van der Waals surface area contributed by atoms with Gasteiger partial charge in [0.15, 0.2) is 5.96 Å². The van der Waals surface area contributed by atoms with Gasteiger partial charge >= 0.3 is 0 Å². The van der Waals surface area contributed by atoms with Crippen molar-refractivity contribution in [2.24, 2.45) is 10.9 Å². The van der Waals surface area contributed by atoms with Gasteiger partial charge in [-0.1, -0.05) is 13.8 Å². The standard InChI is InChI=1S/C13H28N4O3S/c1-10(2)12(18)15-7-8-16-13(14-4)17-11(3)6-9-21(5,19)20/h10-11H,6-9H2,1-5H3,(H,15,18)(H2,14,16,17). The molecule has 0 aliphatic rings. The monoisotopic (exact) mass is 320 g/mol. The summed E-state index contributed by atoms with van der Waals surface area (Å²) in [5.41, 5.74) is 0. The second-order valence-electron chi connectivity index (χ2n) is 5.41. The Bertz CT molecular complexity index is 446. The Morgan fingerprint density at radius 1 is 1.14 bits per heavy atom. The van der Waals surface area contributed by atoms with E-state index >= 15 is 0 Å². The van der Waals surface area contributed by atoms with E-state index in [1.165, 1.54) is 6.26 Å². The molecule has 124 valence electrons. The van der Waals surface area contributed by atoms with Crippen molar-refractivity contribution >= 4 is 21.7 Å². The van der Waals surface area contributed by atoms with E-state index < -0.39 is 9.84 Å². The van der Waals surface area contributed by atoms with Gasteiger partial charge in [0.25, 0.3) is 0 Å². The Hall–Kier alpha value is -1.31. The number of rotatable bonds is 8. The lowest BCUT2D eigenvalue weighted by molar-refractivity contribution is -0.123. The van der Waals surface area contributed by atoms with Crippen molar-refractivity contribution in [1.82, 2.24) is 16.0 Å². The van der Waals surface area contributed by atoms with E-state index in [2.05, 4.69) is 20.9 Å². The first-order valence-electron chi connectivity index (χ1n) is 7.08. The van der Waals surface area contributed by atoms with Crippen LogP contribution in [0.2, 0.25) is 0 Å². The third-order valence-electron chi connectivity index (χ3n) is 2.77.